The van der Waals surface area contributed by atoms with Crippen LogP contribution >= 0.6 is 0 Å². The van der Waals surface area contributed by atoms with Gasteiger partial charge in [0.25, 0.3) is 0 Å². The summed E-state index contributed by atoms with van der Waals surface area (Å²) in [6.45, 7) is 1.98. The van der Waals surface area contributed by atoms with Crippen molar-refractivity contribution in [2.45, 2.75) is 6.92 Å². The number of fused-ring (bicyclic) bond motifs is 1. The average molecular weight is 209 g/mol. The van der Waals surface area contributed by atoms with Gasteiger partial charge in [-0.05, 0) is 19.1 Å². The molecule has 2 aromatic heterocycles. The van der Waals surface area contributed by atoms with E-state index in [1.54, 1.807) is 0 Å². The van der Waals surface area contributed by atoms with Crippen LogP contribution in [0.2, 0.25) is 0 Å². The fourth-order valence-corrected chi connectivity index (χ4v) is 1.77. The molecule has 0 bridgehead atoms. The zero-order valence-corrected chi connectivity index (χ0v) is 8.97. The van der Waals surface area contributed by atoms with Crippen molar-refractivity contribution in [2.75, 3.05) is 0 Å². The lowest BCUT2D eigenvalue weighted by Gasteiger charge is -1.93. The van der Waals surface area contributed by atoms with E-state index in [1.807, 2.05) is 55.5 Å². The summed E-state index contributed by atoms with van der Waals surface area (Å²) in [6, 6.07) is 16.0. The molecule has 16 heavy (non-hydrogen) atoms. The highest BCUT2D eigenvalue weighted by Gasteiger charge is 2.06. The minimum atomic E-state index is 0.837. The van der Waals surface area contributed by atoms with E-state index in [1.165, 1.54) is 0 Å². The van der Waals surface area contributed by atoms with Gasteiger partial charge in [-0.25, -0.2) is 4.98 Å². The maximum atomic E-state index is 5.75. The number of aromatic nitrogens is 1. The number of benzene rings is 1. The molecule has 0 aliphatic rings. The largest absolute Gasteiger partial charge is 0.454 e. The Labute approximate surface area is 93.5 Å². The molecule has 0 saturated carbocycles. The van der Waals surface area contributed by atoms with Gasteiger partial charge in [-0.2, -0.15) is 0 Å². The third kappa shape index (κ3) is 1.48. The Hall–Kier alpha value is -2.09. The summed E-state index contributed by atoms with van der Waals surface area (Å²) in [5, 5.41) is 0. The monoisotopic (exact) mass is 209 g/mol. The average Bonchev–Trinajstić information content (AvgIpc) is 2.73. The van der Waals surface area contributed by atoms with Crippen molar-refractivity contribution < 1.29 is 4.42 Å². The fourth-order valence-electron chi connectivity index (χ4n) is 1.77. The number of nitrogens with zero attached hydrogens (tertiary/aromatic N) is 1. The van der Waals surface area contributed by atoms with E-state index in [-0.39, 0.29) is 0 Å². The SMILES string of the molecule is Cc1ccc2oc(-c3ccccc3)cc2n1. The molecule has 2 nitrogen and oxygen atoms in total. The molecule has 0 saturated heterocycles. The van der Waals surface area contributed by atoms with Crippen LogP contribution in [0.25, 0.3) is 22.4 Å². The lowest BCUT2D eigenvalue weighted by atomic mass is 10.2. The highest BCUT2D eigenvalue weighted by atomic mass is 16.3. The summed E-state index contributed by atoms with van der Waals surface area (Å²) in [7, 11) is 0. The van der Waals surface area contributed by atoms with Crippen molar-refractivity contribution in [3.05, 3.63) is 54.2 Å². The van der Waals surface area contributed by atoms with Gasteiger partial charge in [-0.1, -0.05) is 30.3 Å². The molecule has 2 heteroatoms. The van der Waals surface area contributed by atoms with E-state index in [0.29, 0.717) is 0 Å². The van der Waals surface area contributed by atoms with Crippen LogP contribution < -0.4 is 0 Å². The van der Waals surface area contributed by atoms with Gasteiger partial charge in [0, 0.05) is 17.3 Å². The fraction of sp³-hybridized carbons (Fsp3) is 0.0714. The molecule has 0 N–H and O–H groups in total. The summed E-state index contributed by atoms with van der Waals surface area (Å²) in [6.07, 6.45) is 0. The molecule has 0 amide bonds. The molecule has 78 valence electrons. The first-order chi connectivity index (χ1) is 7.83. The summed E-state index contributed by atoms with van der Waals surface area (Å²) in [4.78, 5) is 4.43. The van der Waals surface area contributed by atoms with Gasteiger partial charge in [-0.3, -0.25) is 0 Å². The summed E-state index contributed by atoms with van der Waals surface area (Å²) >= 11 is 0. The molecule has 2 heterocycles. The van der Waals surface area contributed by atoms with Crippen molar-refractivity contribution in [3.8, 4) is 11.3 Å². The highest BCUT2D eigenvalue weighted by molar-refractivity contribution is 5.79. The zero-order chi connectivity index (χ0) is 11.0. The second kappa shape index (κ2) is 3.49. The molecule has 0 fully saturated rings. The van der Waals surface area contributed by atoms with Crippen LogP contribution in [0.3, 0.4) is 0 Å². The molecule has 0 radical (unpaired) electrons. The van der Waals surface area contributed by atoms with Gasteiger partial charge in [-0.15, -0.1) is 0 Å². The van der Waals surface area contributed by atoms with Gasteiger partial charge < -0.3 is 4.42 Å². The predicted octanol–water partition coefficient (Wildman–Crippen LogP) is 3.80. The van der Waals surface area contributed by atoms with Crippen LogP contribution in [0, 0.1) is 6.92 Å². The molecule has 3 rings (SSSR count). The molecule has 0 atom stereocenters. The minimum Gasteiger partial charge on any atom is -0.454 e. The van der Waals surface area contributed by atoms with Crippen LogP contribution in [0.4, 0.5) is 0 Å². The Morgan fingerprint density at radius 2 is 1.81 bits per heavy atom. The molecule has 0 aliphatic carbocycles. The van der Waals surface area contributed by atoms with Crippen LogP contribution in [0.15, 0.2) is 52.9 Å². The van der Waals surface area contributed by atoms with E-state index < -0.39 is 0 Å². The lowest BCUT2D eigenvalue weighted by molar-refractivity contribution is 0.631. The van der Waals surface area contributed by atoms with E-state index in [2.05, 4.69) is 4.98 Å². The maximum absolute atomic E-state index is 5.75. The van der Waals surface area contributed by atoms with Crippen molar-refractivity contribution in [1.29, 1.82) is 0 Å². The van der Waals surface area contributed by atoms with Crippen LogP contribution in [-0.4, -0.2) is 4.98 Å². The minimum absolute atomic E-state index is 0.837. The number of furan rings is 1. The topological polar surface area (TPSA) is 26.0 Å². The van der Waals surface area contributed by atoms with E-state index >= 15 is 0 Å². The number of rotatable bonds is 1. The standard InChI is InChI=1S/C14H11NO/c1-10-7-8-13-12(15-10)9-14(16-13)11-5-3-2-4-6-11/h2-9H,1H3. The normalized spacial score (nSPS) is 10.8. The molecule has 3 aromatic rings. The maximum Gasteiger partial charge on any atom is 0.153 e. The van der Waals surface area contributed by atoms with Crippen molar-refractivity contribution in [3.63, 3.8) is 0 Å². The summed E-state index contributed by atoms with van der Waals surface area (Å²) in [5.74, 6) is 0.869. The second-order valence-corrected chi connectivity index (χ2v) is 3.81. The third-order valence-electron chi connectivity index (χ3n) is 2.57. The Balaban J connectivity index is 2.19. The van der Waals surface area contributed by atoms with Crippen molar-refractivity contribution in [1.82, 2.24) is 4.98 Å². The van der Waals surface area contributed by atoms with Gasteiger partial charge in [0.15, 0.2) is 5.58 Å². The third-order valence-corrected chi connectivity index (χ3v) is 2.57. The Morgan fingerprint density at radius 3 is 2.62 bits per heavy atom. The number of aryl methyl sites for hydroxylation is 1. The summed E-state index contributed by atoms with van der Waals surface area (Å²) < 4.78 is 5.75. The lowest BCUT2D eigenvalue weighted by Crippen LogP contribution is -1.77. The highest BCUT2D eigenvalue weighted by Crippen LogP contribution is 2.26. The van der Waals surface area contributed by atoms with Crippen molar-refractivity contribution >= 4 is 11.1 Å². The molecule has 0 spiro atoms. The van der Waals surface area contributed by atoms with Crippen LogP contribution in [0.5, 0.6) is 0 Å². The second-order valence-electron chi connectivity index (χ2n) is 3.81. The Kier molecular flexibility index (Phi) is 2.00. The Bertz CT molecular complexity index is 626. The summed E-state index contributed by atoms with van der Waals surface area (Å²) in [5.41, 5.74) is 3.84. The van der Waals surface area contributed by atoms with Crippen LogP contribution in [-0.2, 0) is 0 Å². The van der Waals surface area contributed by atoms with E-state index in [0.717, 1.165) is 28.1 Å². The molecule has 1 aromatic carbocycles. The van der Waals surface area contributed by atoms with Crippen molar-refractivity contribution in [2.24, 2.45) is 0 Å². The van der Waals surface area contributed by atoms with Gasteiger partial charge in [0.2, 0.25) is 0 Å². The van der Waals surface area contributed by atoms with E-state index in [4.69, 9.17) is 4.42 Å². The van der Waals surface area contributed by atoms with Gasteiger partial charge in [0.05, 0.1) is 0 Å². The quantitative estimate of drug-likeness (QED) is 0.609. The first kappa shape index (κ1) is 9.16. The van der Waals surface area contributed by atoms with E-state index in [9.17, 15) is 0 Å². The molecule has 0 unspecified atom stereocenters. The molecular formula is C14H11NO. The van der Waals surface area contributed by atoms with Crippen LogP contribution in [0.1, 0.15) is 5.69 Å². The van der Waals surface area contributed by atoms with Gasteiger partial charge >= 0.3 is 0 Å². The smallest absolute Gasteiger partial charge is 0.153 e. The number of pyridine rings is 1. The predicted molar refractivity (Wildman–Crippen MR) is 64.2 cm³/mol. The van der Waals surface area contributed by atoms with Gasteiger partial charge in [0.1, 0.15) is 11.3 Å². The first-order valence-corrected chi connectivity index (χ1v) is 5.25. The molecular weight excluding hydrogens is 198 g/mol. The first-order valence-electron chi connectivity index (χ1n) is 5.25. The molecule has 0 aliphatic heterocycles. The number of hydrogen-bond acceptors (Lipinski definition) is 2. The zero-order valence-electron chi connectivity index (χ0n) is 8.97. The Morgan fingerprint density at radius 1 is 1.00 bits per heavy atom. The number of hydrogen-bond donors (Lipinski definition) is 0.